The average Bonchev–Trinajstić information content (AvgIpc) is 2.82. The third-order valence-electron chi connectivity index (χ3n) is 3.51. The van der Waals surface area contributed by atoms with Crippen molar-refractivity contribution in [2.24, 2.45) is 11.8 Å². The molecule has 0 aromatic carbocycles. The summed E-state index contributed by atoms with van der Waals surface area (Å²) in [5, 5.41) is 5.56. The molecule has 1 rings (SSSR count). The Hall–Kier alpha value is -1.70. The third kappa shape index (κ3) is 6.07. The molecule has 1 saturated carbocycles. The van der Waals surface area contributed by atoms with Crippen LogP contribution in [0.1, 0.15) is 47.0 Å². The Labute approximate surface area is 127 Å². The first-order valence-electron chi connectivity index (χ1n) is 7.46. The highest BCUT2D eigenvalue weighted by Crippen LogP contribution is 2.31. The lowest BCUT2D eigenvalue weighted by Gasteiger charge is -2.23. The van der Waals surface area contributed by atoms with Crippen molar-refractivity contribution in [3.05, 3.63) is 0 Å². The molecule has 0 radical (unpaired) electrons. The van der Waals surface area contributed by atoms with Crippen molar-refractivity contribution in [3.8, 4) is 12.3 Å². The van der Waals surface area contributed by atoms with Gasteiger partial charge in [-0.2, -0.15) is 0 Å². The molecule has 21 heavy (non-hydrogen) atoms. The summed E-state index contributed by atoms with van der Waals surface area (Å²) in [6, 6.07) is -0.266. The maximum Gasteiger partial charge on any atom is 0.407 e. The van der Waals surface area contributed by atoms with Gasteiger partial charge in [-0.15, -0.1) is 6.42 Å². The number of alkyl carbamates (subject to hydrolysis) is 1. The van der Waals surface area contributed by atoms with E-state index in [1.807, 2.05) is 20.8 Å². The van der Waals surface area contributed by atoms with Crippen LogP contribution in [0, 0.1) is 24.2 Å². The van der Waals surface area contributed by atoms with E-state index < -0.39 is 11.7 Å². The monoisotopic (exact) mass is 294 g/mol. The zero-order chi connectivity index (χ0) is 16.0. The standard InChI is InChI=1S/C16H26N2O3/c1-6-11(2)18-14(19)13-9-7-8-12(13)10-17-15(20)21-16(3,4)5/h1,11-13H,7-10H2,2-5H3,(H,17,20)(H,18,19)/t11-,12-,13-/m1/s1. The Balaban J connectivity index is 2.45. The summed E-state index contributed by atoms with van der Waals surface area (Å²) in [5.74, 6) is 2.52. The van der Waals surface area contributed by atoms with Crippen molar-refractivity contribution < 1.29 is 14.3 Å². The average molecular weight is 294 g/mol. The molecule has 1 fully saturated rings. The van der Waals surface area contributed by atoms with Crippen LogP contribution in [0.3, 0.4) is 0 Å². The van der Waals surface area contributed by atoms with Crippen LogP contribution in [0.4, 0.5) is 4.79 Å². The highest BCUT2D eigenvalue weighted by Gasteiger charge is 2.33. The molecule has 0 bridgehead atoms. The normalized spacial score (nSPS) is 23.0. The summed E-state index contributed by atoms with van der Waals surface area (Å²) in [7, 11) is 0. The summed E-state index contributed by atoms with van der Waals surface area (Å²) in [5.41, 5.74) is -0.515. The van der Waals surface area contributed by atoms with Crippen molar-refractivity contribution >= 4 is 12.0 Å². The minimum atomic E-state index is -0.515. The second-order valence-electron chi connectivity index (χ2n) is 6.58. The second kappa shape index (κ2) is 7.35. The summed E-state index contributed by atoms with van der Waals surface area (Å²) >= 11 is 0. The maximum atomic E-state index is 12.1. The molecule has 0 saturated heterocycles. The highest BCUT2D eigenvalue weighted by molar-refractivity contribution is 5.80. The van der Waals surface area contributed by atoms with Gasteiger partial charge in [-0.3, -0.25) is 4.79 Å². The van der Waals surface area contributed by atoms with Gasteiger partial charge in [0.25, 0.3) is 0 Å². The lowest BCUT2D eigenvalue weighted by atomic mass is 9.95. The molecule has 5 nitrogen and oxygen atoms in total. The molecule has 2 N–H and O–H groups in total. The molecular weight excluding hydrogens is 268 g/mol. The summed E-state index contributed by atoms with van der Waals surface area (Å²) in [6.45, 7) is 7.69. The van der Waals surface area contributed by atoms with E-state index in [1.54, 1.807) is 6.92 Å². The Morgan fingerprint density at radius 2 is 2.05 bits per heavy atom. The zero-order valence-corrected chi connectivity index (χ0v) is 13.4. The van der Waals surface area contributed by atoms with Gasteiger partial charge in [0.15, 0.2) is 0 Å². The van der Waals surface area contributed by atoms with Crippen molar-refractivity contribution in [1.82, 2.24) is 10.6 Å². The van der Waals surface area contributed by atoms with E-state index in [1.165, 1.54) is 0 Å². The van der Waals surface area contributed by atoms with Crippen LogP contribution >= 0.6 is 0 Å². The predicted octanol–water partition coefficient (Wildman–Crippen LogP) is 2.07. The number of terminal acetylenes is 1. The Bertz CT molecular complexity index is 420. The molecule has 1 aliphatic carbocycles. The molecule has 118 valence electrons. The predicted molar refractivity (Wildman–Crippen MR) is 81.5 cm³/mol. The molecule has 0 aliphatic heterocycles. The zero-order valence-electron chi connectivity index (χ0n) is 13.4. The van der Waals surface area contributed by atoms with Crippen LogP contribution in [-0.2, 0) is 9.53 Å². The van der Waals surface area contributed by atoms with Gasteiger partial charge in [-0.25, -0.2) is 4.79 Å². The van der Waals surface area contributed by atoms with Crippen molar-refractivity contribution in [3.63, 3.8) is 0 Å². The number of carbonyl (C=O) groups is 2. The smallest absolute Gasteiger partial charge is 0.407 e. The van der Waals surface area contributed by atoms with Gasteiger partial charge in [0.2, 0.25) is 5.91 Å². The largest absolute Gasteiger partial charge is 0.444 e. The van der Waals surface area contributed by atoms with E-state index >= 15 is 0 Å². The molecule has 5 heteroatoms. The van der Waals surface area contributed by atoms with E-state index in [0.717, 1.165) is 19.3 Å². The van der Waals surface area contributed by atoms with Gasteiger partial charge in [0.1, 0.15) is 5.60 Å². The number of hydrogen-bond donors (Lipinski definition) is 2. The van der Waals surface area contributed by atoms with Crippen LogP contribution in [-0.4, -0.2) is 30.2 Å². The van der Waals surface area contributed by atoms with Gasteiger partial charge in [0.05, 0.1) is 6.04 Å². The van der Waals surface area contributed by atoms with E-state index in [4.69, 9.17) is 11.2 Å². The number of nitrogens with one attached hydrogen (secondary N) is 2. The molecule has 0 heterocycles. The topological polar surface area (TPSA) is 67.4 Å². The van der Waals surface area contributed by atoms with Crippen LogP contribution in [0.25, 0.3) is 0 Å². The molecule has 0 aromatic heterocycles. The maximum absolute atomic E-state index is 12.1. The number of hydrogen-bond acceptors (Lipinski definition) is 3. The summed E-state index contributed by atoms with van der Waals surface area (Å²) < 4.78 is 5.20. The minimum absolute atomic E-state index is 0.0195. The second-order valence-corrected chi connectivity index (χ2v) is 6.58. The first kappa shape index (κ1) is 17.4. The van der Waals surface area contributed by atoms with Gasteiger partial charge in [0, 0.05) is 12.5 Å². The molecule has 0 unspecified atom stereocenters. The van der Waals surface area contributed by atoms with Crippen molar-refractivity contribution in [2.75, 3.05) is 6.54 Å². The number of carbonyl (C=O) groups excluding carboxylic acids is 2. The minimum Gasteiger partial charge on any atom is -0.444 e. The number of rotatable bonds is 4. The van der Waals surface area contributed by atoms with Gasteiger partial charge >= 0.3 is 6.09 Å². The van der Waals surface area contributed by atoms with Gasteiger partial charge in [-0.05, 0) is 46.5 Å². The molecule has 0 spiro atoms. The fraction of sp³-hybridized carbons (Fsp3) is 0.750. The Morgan fingerprint density at radius 1 is 1.38 bits per heavy atom. The fourth-order valence-corrected chi connectivity index (χ4v) is 2.52. The molecular formula is C16H26N2O3. The van der Waals surface area contributed by atoms with Crippen LogP contribution in [0.5, 0.6) is 0 Å². The number of amides is 2. The van der Waals surface area contributed by atoms with E-state index in [-0.39, 0.29) is 23.8 Å². The van der Waals surface area contributed by atoms with Crippen molar-refractivity contribution in [2.45, 2.75) is 58.6 Å². The van der Waals surface area contributed by atoms with Gasteiger partial charge in [-0.1, -0.05) is 12.3 Å². The Morgan fingerprint density at radius 3 is 2.62 bits per heavy atom. The SMILES string of the molecule is C#C[C@@H](C)NC(=O)[C@@H]1CCC[C@@H]1CNC(=O)OC(C)(C)C. The van der Waals surface area contributed by atoms with E-state index in [2.05, 4.69) is 16.6 Å². The Kier molecular flexibility index (Phi) is 6.07. The lowest BCUT2D eigenvalue weighted by Crippen LogP contribution is -2.41. The number of ether oxygens (including phenoxy) is 1. The lowest BCUT2D eigenvalue weighted by molar-refractivity contribution is -0.126. The summed E-state index contributed by atoms with van der Waals surface area (Å²) in [4.78, 5) is 23.8. The first-order valence-corrected chi connectivity index (χ1v) is 7.46. The van der Waals surface area contributed by atoms with Crippen LogP contribution in [0.15, 0.2) is 0 Å². The molecule has 1 aliphatic rings. The van der Waals surface area contributed by atoms with E-state index in [9.17, 15) is 9.59 Å². The summed E-state index contributed by atoms with van der Waals surface area (Å²) in [6.07, 6.45) is 7.59. The molecule has 2 amide bonds. The van der Waals surface area contributed by atoms with Crippen LogP contribution in [0.2, 0.25) is 0 Å². The highest BCUT2D eigenvalue weighted by atomic mass is 16.6. The van der Waals surface area contributed by atoms with Gasteiger partial charge < -0.3 is 15.4 Å². The third-order valence-corrected chi connectivity index (χ3v) is 3.51. The fourth-order valence-electron chi connectivity index (χ4n) is 2.52. The quantitative estimate of drug-likeness (QED) is 0.780. The molecule has 3 atom stereocenters. The van der Waals surface area contributed by atoms with E-state index in [0.29, 0.717) is 6.54 Å². The van der Waals surface area contributed by atoms with Crippen molar-refractivity contribution in [1.29, 1.82) is 0 Å². The molecule has 0 aromatic rings. The first-order chi connectivity index (χ1) is 9.73. The van der Waals surface area contributed by atoms with Crippen LogP contribution < -0.4 is 10.6 Å².